The number of aryl methyl sites for hydroxylation is 1. The highest BCUT2D eigenvalue weighted by Gasteiger charge is 2.07. The number of hydrogen-bond donors (Lipinski definition) is 0. The van der Waals surface area contributed by atoms with Gasteiger partial charge in [0, 0.05) is 33.0 Å². The van der Waals surface area contributed by atoms with Gasteiger partial charge in [-0.25, -0.2) is 0 Å². The lowest BCUT2D eigenvalue weighted by atomic mass is 10.1. The summed E-state index contributed by atoms with van der Waals surface area (Å²) in [7, 11) is 3.39. The largest absolute Gasteiger partial charge is 0.383 e. The van der Waals surface area contributed by atoms with Crippen LogP contribution >= 0.6 is 0 Å². The number of ether oxygens (including phenoxy) is 2. The minimum absolute atomic E-state index is 0.669. The van der Waals surface area contributed by atoms with Gasteiger partial charge in [-0.3, -0.25) is 0 Å². The first-order valence-corrected chi connectivity index (χ1v) is 5.96. The summed E-state index contributed by atoms with van der Waals surface area (Å²) in [6, 6.07) is 8.04. The van der Waals surface area contributed by atoms with Gasteiger partial charge in [0.05, 0.1) is 24.8 Å². The van der Waals surface area contributed by atoms with Crippen molar-refractivity contribution < 1.29 is 9.47 Å². The van der Waals surface area contributed by atoms with Crippen LogP contribution in [0.25, 0.3) is 0 Å². The van der Waals surface area contributed by atoms with E-state index in [1.165, 1.54) is 0 Å². The standard InChI is InChI=1S/C14H20N2O2/c1-12-10-14(5-4-13(12)11-15)16(6-8-17-2)7-9-18-3/h4-5,10H,6-9H2,1-3H3. The summed E-state index contributed by atoms with van der Waals surface area (Å²) in [5.74, 6) is 0. The molecule has 4 nitrogen and oxygen atoms in total. The predicted molar refractivity (Wildman–Crippen MR) is 71.9 cm³/mol. The van der Waals surface area contributed by atoms with Crippen LogP contribution in [0.1, 0.15) is 11.1 Å². The summed E-state index contributed by atoms with van der Waals surface area (Å²) in [5.41, 5.74) is 2.81. The number of nitriles is 1. The molecular weight excluding hydrogens is 228 g/mol. The first-order valence-electron chi connectivity index (χ1n) is 5.96. The Morgan fingerprint density at radius 3 is 2.22 bits per heavy atom. The van der Waals surface area contributed by atoms with Crippen LogP contribution < -0.4 is 4.90 Å². The van der Waals surface area contributed by atoms with Gasteiger partial charge in [-0.05, 0) is 30.7 Å². The molecule has 0 aromatic heterocycles. The van der Waals surface area contributed by atoms with Gasteiger partial charge in [0.25, 0.3) is 0 Å². The molecule has 1 aromatic carbocycles. The lowest BCUT2D eigenvalue weighted by Gasteiger charge is -2.24. The summed E-state index contributed by atoms with van der Waals surface area (Å²) in [6.45, 7) is 4.91. The van der Waals surface area contributed by atoms with Crippen LogP contribution in [0, 0.1) is 18.3 Å². The lowest BCUT2D eigenvalue weighted by molar-refractivity contribution is 0.190. The zero-order valence-electron chi connectivity index (χ0n) is 11.3. The Bertz CT molecular complexity index is 405. The van der Waals surface area contributed by atoms with Crippen molar-refractivity contribution in [1.29, 1.82) is 5.26 Å². The second kappa shape index (κ2) is 7.70. The van der Waals surface area contributed by atoms with Gasteiger partial charge in [-0.2, -0.15) is 5.26 Å². The highest BCUT2D eigenvalue weighted by molar-refractivity contribution is 5.53. The summed E-state index contributed by atoms with van der Waals surface area (Å²) in [6.07, 6.45) is 0. The van der Waals surface area contributed by atoms with Gasteiger partial charge < -0.3 is 14.4 Å². The molecule has 18 heavy (non-hydrogen) atoms. The van der Waals surface area contributed by atoms with E-state index in [1.807, 2.05) is 25.1 Å². The van der Waals surface area contributed by atoms with Crippen molar-refractivity contribution in [3.8, 4) is 6.07 Å². The van der Waals surface area contributed by atoms with E-state index < -0.39 is 0 Å². The fourth-order valence-corrected chi connectivity index (χ4v) is 1.74. The average molecular weight is 248 g/mol. The quantitative estimate of drug-likeness (QED) is 0.740. The minimum Gasteiger partial charge on any atom is -0.383 e. The van der Waals surface area contributed by atoms with Crippen molar-refractivity contribution in [2.75, 3.05) is 45.4 Å². The van der Waals surface area contributed by atoms with Gasteiger partial charge in [-0.15, -0.1) is 0 Å². The topological polar surface area (TPSA) is 45.5 Å². The van der Waals surface area contributed by atoms with Crippen molar-refractivity contribution in [2.24, 2.45) is 0 Å². The maximum absolute atomic E-state index is 8.93. The maximum atomic E-state index is 8.93. The summed E-state index contributed by atoms with van der Waals surface area (Å²) in [4.78, 5) is 2.20. The van der Waals surface area contributed by atoms with Crippen LogP contribution in [-0.4, -0.2) is 40.5 Å². The van der Waals surface area contributed by atoms with E-state index >= 15 is 0 Å². The Hall–Kier alpha value is -1.57. The number of methoxy groups -OCH3 is 2. The van der Waals surface area contributed by atoms with Crippen molar-refractivity contribution >= 4 is 5.69 Å². The van der Waals surface area contributed by atoms with Crippen LogP contribution in [0.15, 0.2) is 18.2 Å². The van der Waals surface area contributed by atoms with E-state index in [1.54, 1.807) is 14.2 Å². The molecule has 0 heterocycles. The molecule has 0 radical (unpaired) electrons. The predicted octanol–water partition coefficient (Wildman–Crippen LogP) is 1.97. The van der Waals surface area contributed by atoms with Crippen molar-refractivity contribution in [2.45, 2.75) is 6.92 Å². The van der Waals surface area contributed by atoms with Crippen molar-refractivity contribution in [3.63, 3.8) is 0 Å². The van der Waals surface area contributed by atoms with Gasteiger partial charge in [-0.1, -0.05) is 0 Å². The fourth-order valence-electron chi connectivity index (χ4n) is 1.74. The molecule has 0 aliphatic rings. The average Bonchev–Trinajstić information content (AvgIpc) is 2.39. The molecule has 0 amide bonds. The number of hydrogen-bond acceptors (Lipinski definition) is 4. The Labute approximate surface area is 109 Å². The van der Waals surface area contributed by atoms with E-state index in [9.17, 15) is 0 Å². The van der Waals surface area contributed by atoms with Gasteiger partial charge in [0.2, 0.25) is 0 Å². The minimum atomic E-state index is 0.669. The van der Waals surface area contributed by atoms with Crippen molar-refractivity contribution in [1.82, 2.24) is 0 Å². The first kappa shape index (κ1) is 14.5. The number of nitrogens with zero attached hydrogens (tertiary/aromatic N) is 2. The number of benzene rings is 1. The number of rotatable bonds is 7. The molecule has 0 aliphatic carbocycles. The molecule has 0 spiro atoms. The summed E-state index contributed by atoms with van der Waals surface area (Å²) >= 11 is 0. The zero-order valence-corrected chi connectivity index (χ0v) is 11.3. The van der Waals surface area contributed by atoms with Crippen LogP contribution in [0.4, 0.5) is 5.69 Å². The van der Waals surface area contributed by atoms with Crippen molar-refractivity contribution in [3.05, 3.63) is 29.3 Å². The third kappa shape index (κ3) is 4.02. The van der Waals surface area contributed by atoms with Gasteiger partial charge in [0.15, 0.2) is 0 Å². The van der Waals surface area contributed by atoms with E-state index in [4.69, 9.17) is 14.7 Å². The molecule has 0 saturated carbocycles. The highest BCUT2D eigenvalue weighted by Crippen LogP contribution is 2.18. The molecule has 0 aliphatic heterocycles. The van der Waals surface area contributed by atoms with Gasteiger partial charge >= 0.3 is 0 Å². The molecule has 0 N–H and O–H groups in total. The zero-order chi connectivity index (χ0) is 13.4. The van der Waals surface area contributed by atoms with Crippen LogP contribution in [-0.2, 0) is 9.47 Å². The molecule has 1 aromatic rings. The molecule has 0 unspecified atom stereocenters. The molecule has 0 atom stereocenters. The van der Waals surface area contributed by atoms with Crippen LogP contribution in [0.3, 0.4) is 0 Å². The third-order valence-corrected chi connectivity index (χ3v) is 2.83. The Morgan fingerprint density at radius 1 is 1.17 bits per heavy atom. The highest BCUT2D eigenvalue weighted by atomic mass is 16.5. The normalized spacial score (nSPS) is 10.1. The molecule has 0 bridgehead atoms. The Balaban J connectivity index is 2.83. The second-order valence-corrected chi connectivity index (χ2v) is 4.08. The molecule has 0 fully saturated rings. The fraction of sp³-hybridized carbons (Fsp3) is 0.500. The monoisotopic (exact) mass is 248 g/mol. The smallest absolute Gasteiger partial charge is 0.0994 e. The molecule has 98 valence electrons. The molecule has 0 saturated heterocycles. The lowest BCUT2D eigenvalue weighted by Crippen LogP contribution is -2.30. The SMILES string of the molecule is COCCN(CCOC)c1ccc(C#N)c(C)c1. The van der Waals surface area contributed by atoms with E-state index in [0.717, 1.165) is 29.9 Å². The molecular formula is C14H20N2O2. The van der Waals surface area contributed by atoms with Gasteiger partial charge in [0.1, 0.15) is 0 Å². The third-order valence-electron chi connectivity index (χ3n) is 2.83. The molecule has 1 rings (SSSR count). The van der Waals surface area contributed by atoms with Crippen LogP contribution in [0.5, 0.6) is 0 Å². The second-order valence-electron chi connectivity index (χ2n) is 4.08. The Kier molecular flexibility index (Phi) is 6.20. The van der Waals surface area contributed by atoms with E-state index in [-0.39, 0.29) is 0 Å². The first-order chi connectivity index (χ1) is 8.72. The summed E-state index contributed by atoms with van der Waals surface area (Å²) in [5, 5.41) is 8.93. The summed E-state index contributed by atoms with van der Waals surface area (Å²) < 4.78 is 10.2. The Morgan fingerprint density at radius 2 is 1.78 bits per heavy atom. The van der Waals surface area contributed by atoms with Crippen LogP contribution in [0.2, 0.25) is 0 Å². The number of anilines is 1. The maximum Gasteiger partial charge on any atom is 0.0994 e. The van der Waals surface area contributed by atoms with E-state index in [0.29, 0.717) is 13.2 Å². The van der Waals surface area contributed by atoms with E-state index in [2.05, 4.69) is 11.0 Å². The molecule has 4 heteroatoms.